The van der Waals surface area contributed by atoms with Crippen LogP contribution in [-0.4, -0.2) is 270 Å². The van der Waals surface area contributed by atoms with Crippen LogP contribution in [0.25, 0.3) is 16.8 Å². The molecule has 8 heterocycles. The monoisotopic (exact) mass is 1940 g/mol. The fourth-order valence-electron chi connectivity index (χ4n) is 16.4. The van der Waals surface area contributed by atoms with Crippen molar-refractivity contribution in [1.82, 2.24) is 76.2 Å². The number of benzene rings is 3. The summed E-state index contributed by atoms with van der Waals surface area (Å²) in [7, 11) is 4.30. The molecule has 139 heavy (non-hydrogen) atoms. The van der Waals surface area contributed by atoms with Crippen LogP contribution in [-0.2, 0) is 80.3 Å². The summed E-state index contributed by atoms with van der Waals surface area (Å²) in [5, 5.41) is 104. The van der Waals surface area contributed by atoms with E-state index in [2.05, 4.69) is 73.1 Å². The highest BCUT2D eigenvalue weighted by Gasteiger charge is 2.57. The lowest BCUT2D eigenvalue weighted by Crippen LogP contribution is -2.63. The number of carbonyl (C=O) groups excluding carboxylic acids is 8. The van der Waals surface area contributed by atoms with Gasteiger partial charge in [0.1, 0.15) is 54.9 Å². The number of hydrogen-bond donors (Lipinski definition) is 17. The smallest absolute Gasteiger partial charge is 0.352 e. The number of aromatic nitrogens is 9. The lowest BCUT2D eigenvalue weighted by atomic mass is 9.66. The Hall–Kier alpha value is -13.6. The average molecular weight is 1950 g/mol. The van der Waals surface area contributed by atoms with Crippen LogP contribution in [0.4, 0.5) is 11.8 Å². The largest absolute Gasteiger partial charge is 0.502 e. The maximum Gasteiger partial charge on any atom is 0.352 e. The Bertz CT molecular complexity index is 5630. The van der Waals surface area contributed by atoms with Gasteiger partial charge in [-0.15, -0.1) is 17.4 Å². The normalized spacial score (nSPS) is 20.8. The second-order valence-electron chi connectivity index (χ2n) is 36.2. The molecule has 7 amide bonds. The van der Waals surface area contributed by atoms with Gasteiger partial charge in [0.25, 0.3) is 11.8 Å². The number of aliphatic hydroxyl groups is 4. The Balaban J connectivity index is 0.000000219. The zero-order chi connectivity index (χ0) is 103. The van der Waals surface area contributed by atoms with Crippen LogP contribution in [0, 0.1) is 53.8 Å². The van der Waals surface area contributed by atoms with Crippen LogP contribution in [0.5, 0.6) is 28.7 Å². The van der Waals surface area contributed by atoms with Crippen molar-refractivity contribution in [2.24, 2.45) is 54.2 Å². The van der Waals surface area contributed by atoms with Crippen LogP contribution < -0.4 is 73.7 Å². The maximum absolute atomic E-state index is 13.5. The number of imidazole rings is 1. The first kappa shape index (κ1) is 109. The molecule has 4 aromatic heterocycles. The van der Waals surface area contributed by atoms with Gasteiger partial charge in [-0.2, -0.15) is 14.6 Å². The van der Waals surface area contributed by atoms with Gasteiger partial charge < -0.3 is 133 Å². The molecule has 3 aromatic carbocycles. The summed E-state index contributed by atoms with van der Waals surface area (Å²) in [5.41, 5.74) is 20.4. The predicted octanol–water partition coefficient (Wildman–Crippen LogP) is 1.71. The number of hydrogen-bond acceptors (Lipinski definition) is 35. The number of carboxylic acid groups (broad SMARTS) is 3. The summed E-state index contributed by atoms with van der Waals surface area (Å²) in [6.45, 7) is 21.7. The number of aryl methyl sites for hydroxylation is 1. The number of phenols is 1. The van der Waals surface area contributed by atoms with Crippen molar-refractivity contribution >= 4 is 93.8 Å². The summed E-state index contributed by atoms with van der Waals surface area (Å²) in [4.78, 5) is 166. The van der Waals surface area contributed by atoms with Gasteiger partial charge in [-0.05, 0) is 128 Å². The molecule has 47 nitrogen and oxygen atoms in total. The number of esters is 1. The lowest BCUT2D eigenvalue weighted by molar-refractivity contribution is -0.364. The molecule has 12 rings (SSSR count). The Morgan fingerprint density at radius 3 is 1.86 bits per heavy atom. The summed E-state index contributed by atoms with van der Waals surface area (Å²) in [6, 6.07) is 7.53. The molecule has 756 valence electrons. The number of primary amides is 1. The quantitative estimate of drug-likeness (QED) is 0.0193. The number of aromatic hydroxyl groups is 1. The van der Waals surface area contributed by atoms with E-state index in [9.17, 15) is 88.2 Å². The number of amides is 7. The van der Waals surface area contributed by atoms with Crippen molar-refractivity contribution in [2.45, 2.75) is 244 Å². The molecule has 4 aliphatic heterocycles. The number of carbonyl (C=O) groups is 11. The fourth-order valence-corrected chi connectivity index (χ4v) is 16.4. The second-order valence-corrected chi connectivity index (χ2v) is 36.2. The first-order valence-electron chi connectivity index (χ1n) is 45.1. The van der Waals surface area contributed by atoms with Gasteiger partial charge in [0, 0.05) is 49.6 Å². The van der Waals surface area contributed by atoms with E-state index in [-0.39, 0.29) is 132 Å². The topological polar surface area (TPSA) is 700 Å². The molecule has 7 aromatic rings. The SMILES string of the molecule is C#CCC(Cc1cnc2nc(N)nc(N)c2n1)c1ccc(C(=O)N[C@@H](CCC(=O)O)C(=O)O)cc1.CC(C)CC(=O)N[C@H](C(=O)N[C@H](C(=O)N[C@@H](CC(C)C)[C@@H](O)CC(=O)N[C@@H](C)C(=O)N[C@@H](CC(C)C)[C@@H](O)CC(=O)O)C(C)C)C(C)C.COc1cc([C@@H]2c3cc4c(cc3[C@@H](O[C@@H]3O[C@@H]5CO[C@@H](C)O[C@H]5[C@H](O)[C@H]3O)[C@H]3COC(=O)[C@H]23)OCO4)cc(OC)c1O.Cn1nnc2c(C(N)=O)ncn2c1=O. The zero-order valence-corrected chi connectivity index (χ0v) is 79.6. The number of fused-ring (bicyclic) bond motifs is 6. The third-order valence-corrected chi connectivity index (χ3v) is 23.4. The van der Waals surface area contributed by atoms with E-state index in [1.54, 1.807) is 89.3 Å². The molecule has 47 heteroatoms. The highest BCUT2D eigenvalue weighted by atomic mass is 16.8. The van der Waals surface area contributed by atoms with E-state index in [1.165, 1.54) is 34.5 Å². The molecule has 0 radical (unpaired) electrons. The number of rotatable bonds is 38. The van der Waals surface area contributed by atoms with Crippen molar-refractivity contribution in [2.75, 3.05) is 45.7 Å². The van der Waals surface area contributed by atoms with E-state index >= 15 is 0 Å². The summed E-state index contributed by atoms with van der Waals surface area (Å²) in [5.74, 6) is -6.49. The zero-order valence-electron chi connectivity index (χ0n) is 79.6. The van der Waals surface area contributed by atoms with Gasteiger partial charge in [0.05, 0.1) is 88.5 Å². The van der Waals surface area contributed by atoms with Gasteiger partial charge in [0.2, 0.25) is 48.0 Å². The number of methoxy groups -OCH3 is 2. The highest BCUT2D eigenvalue weighted by Crippen LogP contribution is 2.57. The second kappa shape index (κ2) is 49.1. The van der Waals surface area contributed by atoms with Crippen LogP contribution in [0.15, 0.2) is 65.8 Å². The minimum Gasteiger partial charge on any atom is -0.502 e. The molecule has 19 atom stereocenters. The number of nitrogens with two attached hydrogens (primary N) is 3. The molecule has 5 aliphatic rings. The van der Waals surface area contributed by atoms with Gasteiger partial charge in [-0.25, -0.2) is 28.9 Å². The van der Waals surface area contributed by atoms with Crippen molar-refractivity contribution in [1.29, 1.82) is 0 Å². The number of ether oxygens (including phenoxy) is 9. The van der Waals surface area contributed by atoms with Crippen LogP contribution >= 0.6 is 0 Å². The molecular formula is C92H124N18O29. The molecular weight excluding hydrogens is 1820 g/mol. The minimum absolute atomic E-state index is 0.00273. The Kier molecular flexibility index (Phi) is 38.5. The highest BCUT2D eigenvalue weighted by molar-refractivity contribution is 5.98. The van der Waals surface area contributed by atoms with Crippen LogP contribution in [0.3, 0.4) is 0 Å². The molecule has 1 aliphatic carbocycles. The number of aliphatic carboxylic acids is 3. The first-order chi connectivity index (χ1) is 65.6. The van der Waals surface area contributed by atoms with Crippen LogP contribution in [0.1, 0.15) is 201 Å². The lowest BCUT2D eigenvalue weighted by Gasteiger charge is -2.47. The van der Waals surface area contributed by atoms with Crippen molar-refractivity contribution in [3.63, 3.8) is 0 Å². The number of cyclic esters (lactones) is 1. The maximum atomic E-state index is 13.5. The van der Waals surface area contributed by atoms with Gasteiger partial charge in [-0.3, -0.25) is 47.9 Å². The Morgan fingerprint density at radius 2 is 1.28 bits per heavy atom. The number of carboxylic acids is 3. The molecule has 0 bridgehead atoms. The summed E-state index contributed by atoms with van der Waals surface area (Å²) in [6.07, 6.45) is -1.05. The third-order valence-electron chi connectivity index (χ3n) is 23.4. The molecule has 0 saturated carbocycles. The Labute approximate surface area is 798 Å². The average Bonchev–Trinajstić information content (AvgIpc) is 1.63. The van der Waals surface area contributed by atoms with Gasteiger partial charge >= 0.3 is 29.6 Å². The summed E-state index contributed by atoms with van der Waals surface area (Å²) >= 11 is 0. The molecule has 1 unspecified atom stereocenters. The number of nitrogens with zero attached hydrogens (tertiary/aromatic N) is 9. The summed E-state index contributed by atoms with van der Waals surface area (Å²) < 4.78 is 53.7. The standard InChI is InChI=1S/C34H63N5O9.C29H32O13.C23H23N7O5.C6H6N6O2/c1-17(2)12-23(37-33(47)31(21(9)10)39-34(48)30(20(7)8)38-27(42)14-19(5)6)25(40)15-28(43)35-22(11)32(46)36-24(13-18(3)4)26(41)16-29(44)45;1-11-36-9-20-27(40-11)24(31)25(32)29(41-20)42-26-14-7-17-16(38-10-39-17)6-13(14)21(22-15(26)8-37-28(22)33)12-4-18(34-2)23(30)19(5-12)35-3;1-2-3-14(10-15-11-26-20-18(27-15)19(24)29-23(25)30-20)12-4-6-13(7-5-12)21(33)28-16(22(34)35)8-9-17(31)32;1-11-6(14)12-2-8-3(4(7)13)5(12)9-10-11/h17-26,30-31,40-41H,12-16H2,1-11H3,(H,35,43)(H,36,46)(H,37,47)(H,38,42)(H,39,48)(H,44,45);4-7,11,15,20-22,24-27,29-32H,8-10H2,1-3H3;1,4-7,11,14,16H,3,8-10H2,(H,28,33)(H,31,32)(H,34,35)(H4,24,25,26,29,30);2H,1H3,(H2,7,13)/t22-,23-,24-,25-,26-,30-,31-;11-,15+,20-,21-,22+,24-,25-,26-,27-,29+;14?,16-;/m010./s1. The van der Waals surface area contributed by atoms with Gasteiger partial charge in [0.15, 0.2) is 63.9 Å². The number of aliphatic hydroxyl groups excluding tert-OH is 4. The van der Waals surface area contributed by atoms with E-state index < -0.39 is 187 Å². The minimum atomic E-state index is -1.44. The molecule has 3 saturated heterocycles. The van der Waals surface area contributed by atoms with E-state index in [0.717, 1.165) is 14.6 Å². The Morgan fingerprint density at radius 1 is 0.683 bits per heavy atom. The number of nitrogen functional groups attached to an aromatic ring is 2. The number of terminal acetylenes is 1. The number of nitrogens with one attached hydrogen (secondary N) is 6. The van der Waals surface area contributed by atoms with Gasteiger partial charge in [-0.1, -0.05) is 86.6 Å². The van der Waals surface area contributed by atoms with Crippen molar-refractivity contribution < 1.29 is 136 Å². The van der Waals surface area contributed by atoms with E-state index in [1.807, 2.05) is 41.5 Å². The van der Waals surface area contributed by atoms with Crippen LogP contribution in [0.2, 0.25) is 0 Å². The van der Waals surface area contributed by atoms with E-state index in [0.29, 0.717) is 65.1 Å². The predicted molar refractivity (Wildman–Crippen MR) is 491 cm³/mol. The van der Waals surface area contributed by atoms with E-state index in [4.69, 9.17) is 76.5 Å². The molecule has 20 N–H and O–H groups in total. The third kappa shape index (κ3) is 28.6. The number of anilines is 2. The molecule has 3 fully saturated rings. The van der Waals surface area contributed by atoms with Crippen molar-refractivity contribution in [3.05, 3.63) is 111 Å². The first-order valence-corrected chi connectivity index (χ1v) is 45.1. The van der Waals surface area contributed by atoms with Crippen molar-refractivity contribution in [3.8, 4) is 41.1 Å². The fraction of sp³-hybridized carbons (Fsp3) is 0.554. The number of phenolic OH excluding ortho intramolecular Hbond substituents is 1. The molecule has 0 spiro atoms.